The number of nitrogens with one attached hydrogen (secondary N) is 1. The van der Waals surface area contributed by atoms with Crippen molar-refractivity contribution in [2.24, 2.45) is 0 Å². The van der Waals surface area contributed by atoms with Crippen LogP contribution in [0.5, 0.6) is 0 Å². The van der Waals surface area contributed by atoms with Gasteiger partial charge in [0.15, 0.2) is 5.78 Å². The fourth-order valence-electron chi connectivity index (χ4n) is 2.28. The van der Waals surface area contributed by atoms with Crippen molar-refractivity contribution in [2.45, 2.75) is 13.8 Å². The zero-order valence-corrected chi connectivity index (χ0v) is 12.4. The van der Waals surface area contributed by atoms with Crippen LogP contribution in [-0.2, 0) is 4.74 Å². The first kappa shape index (κ1) is 15.2. The summed E-state index contributed by atoms with van der Waals surface area (Å²) >= 11 is 0. The molecule has 2 rings (SSSR count). The third kappa shape index (κ3) is 4.40. The molecule has 1 N–H and O–H groups in total. The number of nitrogens with zero attached hydrogens (tertiary/aromatic N) is 1. The molecular formula is C16H24N2O2. The Bertz CT molecular complexity index is 454. The Morgan fingerprint density at radius 3 is 2.70 bits per heavy atom. The van der Waals surface area contributed by atoms with Crippen molar-refractivity contribution in [2.75, 3.05) is 45.9 Å². The van der Waals surface area contributed by atoms with Crippen LogP contribution in [0.4, 0.5) is 0 Å². The number of Topliss-reactive ketones (excluding diaryl/α,β-unsaturated/α-hetero) is 1. The van der Waals surface area contributed by atoms with Gasteiger partial charge < -0.3 is 10.1 Å². The monoisotopic (exact) mass is 276 g/mol. The van der Waals surface area contributed by atoms with Crippen LogP contribution in [0.1, 0.15) is 21.5 Å². The number of morpholine rings is 1. The van der Waals surface area contributed by atoms with E-state index in [0.717, 1.165) is 45.0 Å². The second kappa shape index (κ2) is 7.53. The van der Waals surface area contributed by atoms with Crippen LogP contribution in [0.15, 0.2) is 18.2 Å². The van der Waals surface area contributed by atoms with E-state index in [1.54, 1.807) is 0 Å². The van der Waals surface area contributed by atoms with Gasteiger partial charge in [-0.1, -0.05) is 12.1 Å². The lowest BCUT2D eigenvalue weighted by atomic mass is 10.0. The first-order valence-corrected chi connectivity index (χ1v) is 7.28. The van der Waals surface area contributed by atoms with Gasteiger partial charge in [-0.15, -0.1) is 0 Å². The predicted octanol–water partition coefficient (Wildman–Crippen LogP) is 1.41. The van der Waals surface area contributed by atoms with Crippen LogP contribution >= 0.6 is 0 Å². The molecule has 0 unspecified atom stereocenters. The first-order chi connectivity index (χ1) is 9.66. The minimum absolute atomic E-state index is 0.162. The Kier molecular flexibility index (Phi) is 5.71. The lowest BCUT2D eigenvalue weighted by molar-refractivity contribution is 0.0384. The number of carbonyl (C=O) groups excluding carboxylic acids is 1. The van der Waals surface area contributed by atoms with Crippen molar-refractivity contribution in [1.82, 2.24) is 10.2 Å². The van der Waals surface area contributed by atoms with Gasteiger partial charge in [-0.2, -0.15) is 0 Å². The van der Waals surface area contributed by atoms with Crippen LogP contribution in [0.3, 0.4) is 0 Å². The molecule has 1 aromatic rings. The Hall–Kier alpha value is -1.23. The third-order valence-electron chi connectivity index (χ3n) is 3.82. The lowest BCUT2D eigenvalue weighted by Gasteiger charge is -2.26. The van der Waals surface area contributed by atoms with Gasteiger partial charge in [0.1, 0.15) is 0 Å². The maximum absolute atomic E-state index is 12.1. The van der Waals surface area contributed by atoms with E-state index in [4.69, 9.17) is 4.74 Å². The van der Waals surface area contributed by atoms with Crippen LogP contribution in [0.25, 0.3) is 0 Å². The summed E-state index contributed by atoms with van der Waals surface area (Å²) in [5.74, 6) is 0.162. The highest BCUT2D eigenvalue weighted by Crippen LogP contribution is 2.10. The quantitative estimate of drug-likeness (QED) is 0.630. The summed E-state index contributed by atoms with van der Waals surface area (Å²) in [6.45, 7) is 9.96. The molecule has 4 heteroatoms. The summed E-state index contributed by atoms with van der Waals surface area (Å²) in [5.41, 5.74) is 3.19. The number of carbonyl (C=O) groups is 1. The van der Waals surface area contributed by atoms with Gasteiger partial charge in [0.05, 0.1) is 19.8 Å². The van der Waals surface area contributed by atoms with Gasteiger partial charge in [-0.3, -0.25) is 9.69 Å². The number of hydrogen-bond donors (Lipinski definition) is 1. The molecule has 1 aromatic carbocycles. The van der Waals surface area contributed by atoms with E-state index in [2.05, 4.69) is 17.1 Å². The van der Waals surface area contributed by atoms with E-state index in [-0.39, 0.29) is 5.78 Å². The normalized spacial score (nSPS) is 16.3. The maximum Gasteiger partial charge on any atom is 0.176 e. The van der Waals surface area contributed by atoms with Crippen LogP contribution < -0.4 is 5.32 Å². The van der Waals surface area contributed by atoms with Crippen LogP contribution in [0.2, 0.25) is 0 Å². The summed E-state index contributed by atoms with van der Waals surface area (Å²) in [6.07, 6.45) is 0. The zero-order chi connectivity index (χ0) is 14.4. The van der Waals surface area contributed by atoms with Crippen molar-refractivity contribution in [3.8, 4) is 0 Å². The Morgan fingerprint density at radius 1 is 1.25 bits per heavy atom. The highest BCUT2D eigenvalue weighted by molar-refractivity contribution is 5.97. The standard InChI is InChI=1S/C16H24N2O2/c1-13-3-4-15(11-14(13)2)16(19)12-17-5-6-18-7-9-20-10-8-18/h3-4,11,17H,5-10,12H2,1-2H3. The van der Waals surface area contributed by atoms with E-state index in [9.17, 15) is 4.79 Å². The molecule has 1 aliphatic rings. The Balaban J connectivity index is 1.70. The molecule has 1 saturated heterocycles. The highest BCUT2D eigenvalue weighted by Gasteiger charge is 2.10. The molecule has 1 heterocycles. The first-order valence-electron chi connectivity index (χ1n) is 7.28. The molecule has 0 radical (unpaired) electrons. The summed E-state index contributed by atoms with van der Waals surface area (Å²) in [5, 5.41) is 3.23. The zero-order valence-electron chi connectivity index (χ0n) is 12.4. The molecule has 0 atom stereocenters. The highest BCUT2D eigenvalue weighted by atomic mass is 16.5. The molecule has 0 aromatic heterocycles. The average molecular weight is 276 g/mol. The number of benzene rings is 1. The van der Waals surface area contributed by atoms with E-state index in [0.29, 0.717) is 6.54 Å². The molecule has 0 saturated carbocycles. The van der Waals surface area contributed by atoms with Gasteiger partial charge in [-0.25, -0.2) is 0 Å². The van der Waals surface area contributed by atoms with E-state index < -0.39 is 0 Å². The number of hydrogen-bond acceptors (Lipinski definition) is 4. The van der Waals surface area contributed by atoms with E-state index in [1.165, 1.54) is 11.1 Å². The molecule has 110 valence electrons. The molecule has 0 aliphatic carbocycles. The summed E-state index contributed by atoms with van der Waals surface area (Å²) in [4.78, 5) is 14.4. The summed E-state index contributed by atoms with van der Waals surface area (Å²) < 4.78 is 5.31. The van der Waals surface area contributed by atoms with Gasteiger partial charge in [0.2, 0.25) is 0 Å². The number of ether oxygens (including phenoxy) is 1. The minimum atomic E-state index is 0.162. The molecule has 4 nitrogen and oxygen atoms in total. The summed E-state index contributed by atoms with van der Waals surface area (Å²) in [6, 6.07) is 5.89. The fourth-order valence-corrected chi connectivity index (χ4v) is 2.28. The van der Waals surface area contributed by atoms with Crippen molar-refractivity contribution in [3.63, 3.8) is 0 Å². The average Bonchev–Trinajstić information content (AvgIpc) is 2.47. The van der Waals surface area contributed by atoms with Gasteiger partial charge in [0.25, 0.3) is 0 Å². The SMILES string of the molecule is Cc1ccc(C(=O)CNCCN2CCOCC2)cc1C. The number of ketones is 1. The van der Waals surface area contributed by atoms with Crippen molar-refractivity contribution in [1.29, 1.82) is 0 Å². The van der Waals surface area contributed by atoms with Crippen LogP contribution in [0, 0.1) is 13.8 Å². The topological polar surface area (TPSA) is 41.6 Å². The van der Waals surface area contributed by atoms with Crippen LogP contribution in [-0.4, -0.2) is 56.6 Å². The second-order valence-electron chi connectivity index (χ2n) is 5.35. The molecule has 1 aliphatic heterocycles. The van der Waals surface area contributed by atoms with Crippen molar-refractivity contribution >= 4 is 5.78 Å². The maximum atomic E-state index is 12.1. The molecule has 0 bridgehead atoms. The molecular weight excluding hydrogens is 252 g/mol. The predicted molar refractivity (Wildman–Crippen MR) is 80.4 cm³/mol. The summed E-state index contributed by atoms with van der Waals surface area (Å²) in [7, 11) is 0. The molecule has 1 fully saturated rings. The van der Waals surface area contributed by atoms with Crippen molar-refractivity contribution in [3.05, 3.63) is 34.9 Å². The fraction of sp³-hybridized carbons (Fsp3) is 0.562. The van der Waals surface area contributed by atoms with E-state index in [1.807, 2.05) is 25.1 Å². The smallest absolute Gasteiger partial charge is 0.176 e. The van der Waals surface area contributed by atoms with Gasteiger partial charge in [0, 0.05) is 31.7 Å². The van der Waals surface area contributed by atoms with Gasteiger partial charge >= 0.3 is 0 Å². The lowest BCUT2D eigenvalue weighted by Crippen LogP contribution is -2.41. The second-order valence-corrected chi connectivity index (χ2v) is 5.35. The Morgan fingerprint density at radius 2 is 2.00 bits per heavy atom. The Labute approximate surface area is 121 Å². The minimum Gasteiger partial charge on any atom is -0.379 e. The molecule has 20 heavy (non-hydrogen) atoms. The number of aryl methyl sites for hydroxylation is 2. The number of rotatable bonds is 6. The molecule has 0 spiro atoms. The third-order valence-corrected chi connectivity index (χ3v) is 3.82. The van der Waals surface area contributed by atoms with E-state index >= 15 is 0 Å². The van der Waals surface area contributed by atoms with Gasteiger partial charge in [-0.05, 0) is 31.0 Å². The van der Waals surface area contributed by atoms with Crippen molar-refractivity contribution < 1.29 is 9.53 Å². The largest absolute Gasteiger partial charge is 0.379 e. The molecule has 0 amide bonds.